The van der Waals surface area contributed by atoms with Gasteiger partial charge in [-0.25, -0.2) is 4.39 Å². The number of carbonyl (C=O) groups excluding carboxylic acids is 1. The van der Waals surface area contributed by atoms with Crippen LogP contribution in [0.25, 0.3) is 0 Å². The Labute approximate surface area is 151 Å². The molecule has 1 N–H and O–H groups in total. The second kappa shape index (κ2) is 7.70. The van der Waals surface area contributed by atoms with Crippen LogP contribution in [-0.4, -0.2) is 59.0 Å². The lowest BCUT2D eigenvalue weighted by atomic mass is 9.94. The molecule has 0 aliphatic carbocycles. The average molecular weight is 369 g/mol. The van der Waals surface area contributed by atoms with Gasteiger partial charge in [-0.3, -0.25) is 14.5 Å². The first-order valence-electron chi connectivity index (χ1n) is 8.67. The Morgan fingerprint density at radius 1 is 1.16 bits per heavy atom. The van der Waals surface area contributed by atoms with Crippen LogP contribution in [0.2, 0.25) is 5.02 Å². The minimum absolute atomic E-state index is 0.0474. The van der Waals surface area contributed by atoms with Gasteiger partial charge in [-0.15, -0.1) is 0 Å². The Morgan fingerprint density at radius 3 is 2.52 bits per heavy atom. The number of carboxylic acids is 1. The van der Waals surface area contributed by atoms with Crippen molar-refractivity contribution in [3.05, 3.63) is 34.6 Å². The first-order chi connectivity index (χ1) is 12.0. The average Bonchev–Trinajstić information content (AvgIpc) is 2.63. The lowest BCUT2D eigenvalue weighted by Gasteiger charge is -2.41. The summed E-state index contributed by atoms with van der Waals surface area (Å²) in [6.07, 6.45) is 3.30. The van der Waals surface area contributed by atoms with E-state index < -0.39 is 11.8 Å². The molecule has 2 aliphatic rings. The Bertz CT molecular complexity index is 662. The molecule has 1 aromatic carbocycles. The molecule has 5 nitrogen and oxygen atoms in total. The van der Waals surface area contributed by atoms with E-state index in [0.717, 1.165) is 32.2 Å². The van der Waals surface area contributed by atoms with Crippen LogP contribution in [0.15, 0.2) is 18.2 Å². The second-order valence-corrected chi connectivity index (χ2v) is 7.23. The number of hydrogen-bond acceptors (Lipinski definition) is 3. The fraction of sp³-hybridized carbons (Fsp3) is 0.556. The lowest BCUT2D eigenvalue weighted by Crippen LogP contribution is -2.50. The molecule has 0 bridgehead atoms. The fourth-order valence-corrected chi connectivity index (χ4v) is 3.97. The van der Waals surface area contributed by atoms with Crippen molar-refractivity contribution in [3.63, 3.8) is 0 Å². The molecule has 25 heavy (non-hydrogen) atoms. The topological polar surface area (TPSA) is 60.9 Å². The Kier molecular flexibility index (Phi) is 5.59. The van der Waals surface area contributed by atoms with Gasteiger partial charge >= 0.3 is 5.97 Å². The van der Waals surface area contributed by atoms with Gasteiger partial charge < -0.3 is 10.0 Å². The largest absolute Gasteiger partial charge is 0.481 e. The monoisotopic (exact) mass is 368 g/mol. The van der Waals surface area contributed by atoms with Gasteiger partial charge in [0.05, 0.1) is 10.9 Å². The normalized spacial score (nSPS) is 22.8. The first-order valence-corrected chi connectivity index (χ1v) is 9.04. The molecule has 3 rings (SSSR count). The van der Waals surface area contributed by atoms with Crippen molar-refractivity contribution < 1.29 is 19.1 Å². The third kappa shape index (κ3) is 4.12. The van der Waals surface area contributed by atoms with Gasteiger partial charge in [-0.2, -0.15) is 0 Å². The molecule has 0 saturated carbocycles. The van der Waals surface area contributed by atoms with Gasteiger partial charge in [-0.05, 0) is 50.4 Å². The third-order valence-electron chi connectivity index (χ3n) is 5.24. The van der Waals surface area contributed by atoms with E-state index in [9.17, 15) is 19.1 Å². The molecular formula is C18H22ClFN2O3. The highest BCUT2D eigenvalue weighted by atomic mass is 35.5. The van der Waals surface area contributed by atoms with Crippen LogP contribution in [0.1, 0.15) is 36.0 Å². The van der Waals surface area contributed by atoms with Crippen LogP contribution in [0.4, 0.5) is 4.39 Å². The van der Waals surface area contributed by atoms with Gasteiger partial charge in [0.15, 0.2) is 0 Å². The Morgan fingerprint density at radius 2 is 1.88 bits per heavy atom. The van der Waals surface area contributed by atoms with Crippen LogP contribution in [0, 0.1) is 11.7 Å². The van der Waals surface area contributed by atoms with Gasteiger partial charge in [0.25, 0.3) is 5.91 Å². The summed E-state index contributed by atoms with van der Waals surface area (Å²) in [6.45, 7) is 2.76. The highest BCUT2D eigenvalue weighted by Gasteiger charge is 2.32. The summed E-state index contributed by atoms with van der Waals surface area (Å²) in [5, 5.41) is 9.17. The number of hydrogen-bond donors (Lipinski definition) is 1. The van der Waals surface area contributed by atoms with Gasteiger partial charge in [0, 0.05) is 31.2 Å². The maximum Gasteiger partial charge on any atom is 0.307 e. The Hall–Kier alpha value is -1.66. The molecule has 2 heterocycles. The zero-order valence-electron chi connectivity index (χ0n) is 14.0. The third-order valence-corrected chi connectivity index (χ3v) is 5.53. The van der Waals surface area contributed by atoms with Crippen molar-refractivity contribution in [3.8, 4) is 0 Å². The van der Waals surface area contributed by atoms with E-state index >= 15 is 0 Å². The highest BCUT2D eigenvalue weighted by molar-refractivity contribution is 6.31. The SMILES string of the molecule is O=C(O)[C@H]1CCCN(C2CCN(C(=O)c3ccc(F)c(Cl)c3)CC2)C1. The van der Waals surface area contributed by atoms with Gasteiger partial charge in [-0.1, -0.05) is 11.6 Å². The minimum Gasteiger partial charge on any atom is -0.481 e. The minimum atomic E-state index is -0.717. The second-order valence-electron chi connectivity index (χ2n) is 6.82. The molecule has 1 amide bonds. The van der Waals surface area contributed by atoms with Crippen LogP contribution in [-0.2, 0) is 4.79 Å². The summed E-state index contributed by atoms with van der Waals surface area (Å²) in [5.74, 6) is -1.67. The summed E-state index contributed by atoms with van der Waals surface area (Å²) in [5.41, 5.74) is 0.397. The molecule has 2 aliphatic heterocycles. The van der Waals surface area contributed by atoms with Crippen molar-refractivity contribution in [2.75, 3.05) is 26.2 Å². The van der Waals surface area contributed by atoms with Crippen molar-refractivity contribution >= 4 is 23.5 Å². The molecule has 2 fully saturated rings. The lowest BCUT2D eigenvalue weighted by molar-refractivity contribution is -0.144. The van der Waals surface area contributed by atoms with Crippen LogP contribution in [0.5, 0.6) is 0 Å². The number of likely N-dealkylation sites (tertiary alicyclic amines) is 2. The van der Waals surface area contributed by atoms with E-state index in [1.54, 1.807) is 4.90 Å². The first kappa shape index (κ1) is 18.1. The quantitative estimate of drug-likeness (QED) is 0.891. The maximum absolute atomic E-state index is 13.2. The van der Waals surface area contributed by atoms with E-state index in [1.165, 1.54) is 18.2 Å². The summed E-state index contributed by atoms with van der Waals surface area (Å²) in [6, 6.07) is 4.36. The molecule has 0 unspecified atom stereocenters. The van der Waals surface area contributed by atoms with Crippen molar-refractivity contribution in [1.82, 2.24) is 9.80 Å². The number of carboxylic acid groups (broad SMARTS) is 1. The zero-order valence-corrected chi connectivity index (χ0v) is 14.7. The van der Waals surface area contributed by atoms with Crippen molar-refractivity contribution in [2.45, 2.75) is 31.7 Å². The summed E-state index contributed by atoms with van der Waals surface area (Å²) < 4.78 is 13.2. The molecule has 2 saturated heterocycles. The van der Waals surface area contributed by atoms with E-state index in [-0.39, 0.29) is 16.8 Å². The number of halogens is 2. The molecule has 7 heteroatoms. The van der Waals surface area contributed by atoms with Gasteiger partial charge in [0.1, 0.15) is 5.82 Å². The number of benzene rings is 1. The standard InChI is InChI=1S/C18H22ClFN2O3/c19-15-10-12(3-4-16(15)20)17(23)21-8-5-14(6-9-21)22-7-1-2-13(11-22)18(24)25/h3-4,10,13-14H,1-2,5-9,11H2,(H,24,25)/t13-/m0/s1. The Balaban J connectivity index is 1.57. The van der Waals surface area contributed by atoms with Crippen LogP contribution < -0.4 is 0 Å². The van der Waals surface area contributed by atoms with E-state index in [0.29, 0.717) is 31.2 Å². The van der Waals surface area contributed by atoms with Gasteiger partial charge in [0.2, 0.25) is 0 Å². The molecular weight excluding hydrogens is 347 g/mol. The molecule has 0 spiro atoms. The summed E-state index contributed by atoms with van der Waals surface area (Å²) in [7, 11) is 0. The summed E-state index contributed by atoms with van der Waals surface area (Å²) in [4.78, 5) is 27.8. The number of aliphatic carboxylic acids is 1. The predicted molar refractivity (Wildman–Crippen MR) is 92.3 cm³/mol. The molecule has 136 valence electrons. The molecule has 1 aromatic rings. The van der Waals surface area contributed by atoms with Crippen LogP contribution in [0.3, 0.4) is 0 Å². The molecule has 0 radical (unpaired) electrons. The van der Waals surface area contributed by atoms with Crippen molar-refractivity contribution in [1.29, 1.82) is 0 Å². The van der Waals surface area contributed by atoms with Crippen molar-refractivity contribution in [2.24, 2.45) is 5.92 Å². The van der Waals surface area contributed by atoms with Crippen LogP contribution >= 0.6 is 11.6 Å². The highest BCUT2D eigenvalue weighted by Crippen LogP contribution is 2.25. The van der Waals surface area contributed by atoms with E-state index in [4.69, 9.17) is 11.6 Å². The number of carbonyl (C=O) groups is 2. The van der Waals surface area contributed by atoms with E-state index in [2.05, 4.69) is 4.90 Å². The number of nitrogens with zero attached hydrogens (tertiary/aromatic N) is 2. The molecule has 0 aromatic heterocycles. The predicted octanol–water partition coefficient (Wildman–Crippen LogP) is 2.88. The fourth-order valence-electron chi connectivity index (χ4n) is 3.79. The maximum atomic E-state index is 13.2. The zero-order chi connectivity index (χ0) is 18.0. The number of rotatable bonds is 3. The number of piperidine rings is 2. The smallest absolute Gasteiger partial charge is 0.307 e. The summed E-state index contributed by atoms with van der Waals surface area (Å²) >= 11 is 5.76. The number of amides is 1. The molecule has 1 atom stereocenters. The van der Waals surface area contributed by atoms with E-state index in [1.807, 2.05) is 0 Å².